The number of thiazole rings is 1. The molecule has 0 bridgehead atoms. The molecule has 0 radical (unpaired) electrons. The van der Waals surface area contributed by atoms with E-state index in [-0.39, 0.29) is 5.41 Å². The highest BCUT2D eigenvalue weighted by molar-refractivity contribution is 7.22. The number of fused-ring (bicyclic) bond motifs is 1. The molecule has 0 fully saturated rings. The van der Waals surface area contributed by atoms with Gasteiger partial charge in [0.2, 0.25) is 0 Å². The number of para-hydroxylation sites is 1. The van der Waals surface area contributed by atoms with Gasteiger partial charge in [-0.2, -0.15) is 0 Å². The molecule has 0 saturated heterocycles. The first-order valence-corrected chi connectivity index (χ1v) is 7.99. The number of benzene rings is 2. The number of aryl methyl sites for hydroxylation is 1. The van der Waals surface area contributed by atoms with Crippen LogP contribution in [0, 0.1) is 6.92 Å². The molecule has 21 heavy (non-hydrogen) atoms. The highest BCUT2D eigenvalue weighted by Crippen LogP contribution is 2.34. The summed E-state index contributed by atoms with van der Waals surface area (Å²) < 4.78 is 1.24. The minimum atomic E-state index is 0.148. The van der Waals surface area contributed by atoms with Crippen molar-refractivity contribution >= 4 is 32.4 Å². The number of hydrogen-bond acceptors (Lipinski definition) is 3. The summed E-state index contributed by atoms with van der Waals surface area (Å²) >= 11 is 1.70. The molecular formula is C18H20N2S. The van der Waals surface area contributed by atoms with E-state index in [0.29, 0.717) is 0 Å². The van der Waals surface area contributed by atoms with Gasteiger partial charge in [0.1, 0.15) is 0 Å². The molecule has 0 aliphatic heterocycles. The average molecular weight is 296 g/mol. The van der Waals surface area contributed by atoms with Crippen molar-refractivity contribution in [3.8, 4) is 0 Å². The summed E-state index contributed by atoms with van der Waals surface area (Å²) in [6.45, 7) is 8.92. The Kier molecular flexibility index (Phi) is 3.46. The van der Waals surface area contributed by atoms with E-state index >= 15 is 0 Å². The zero-order chi connectivity index (χ0) is 15.0. The maximum atomic E-state index is 4.73. The van der Waals surface area contributed by atoms with Crippen molar-refractivity contribution in [2.24, 2.45) is 0 Å². The minimum absolute atomic E-state index is 0.148. The van der Waals surface area contributed by atoms with Crippen LogP contribution in [0.1, 0.15) is 31.9 Å². The van der Waals surface area contributed by atoms with Crippen LogP contribution in [0.3, 0.4) is 0 Å². The first-order chi connectivity index (χ1) is 9.93. The number of nitrogens with one attached hydrogen (secondary N) is 1. The van der Waals surface area contributed by atoms with Gasteiger partial charge in [-0.15, -0.1) is 0 Å². The van der Waals surface area contributed by atoms with E-state index in [2.05, 4.69) is 57.3 Å². The highest BCUT2D eigenvalue weighted by atomic mass is 32.1. The van der Waals surface area contributed by atoms with Gasteiger partial charge in [-0.1, -0.05) is 50.3 Å². The molecule has 0 amide bonds. The van der Waals surface area contributed by atoms with Gasteiger partial charge >= 0.3 is 0 Å². The molecule has 1 N–H and O–H groups in total. The van der Waals surface area contributed by atoms with E-state index in [1.807, 2.05) is 18.2 Å². The predicted molar refractivity (Wildman–Crippen MR) is 92.8 cm³/mol. The molecule has 1 heterocycles. The van der Waals surface area contributed by atoms with E-state index in [4.69, 9.17) is 4.98 Å². The normalized spacial score (nSPS) is 11.8. The third-order valence-electron chi connectivity index (χ3n) is 3.57. The van der Waals surface area contributed by atoms with Gasteiger partial charge in [0.05, 0.1) is 10.2 Å². The molecule has 0 aliphatic rings. The molecule has 0 saturated carbocycles. The first-order valence-electron chi connectivity index (χ1n) is 7.17. The maximum Gasteiger partial charge on any atom is 0.188 e. The predicted octanol–water partition coefficient (Wildman–Crippen LogP) is 5.65. The summed E-state index contributed by atoms with van der Waals surface area (Å²) in [5.41, 5.74) is 5.00. The molecule has 0 aliphatic carbocycles. The standard InChI is InChI=1S/C18H20N2S/c1-12-10-16-15(11-14(12)18(2,3)4)20-17(21-16)19-13-8-6-5-7-9-13/h5-11H,1-4H3,(H,19,20). The molecule has 0 atom stereocenters. The Morgan fingerprint density at radius 1 is 1.05 bits per heavy atom. The van der Waals surface area contributed by atoms with Crippen LogP contribution < -0.4 is 5.32 Å². The Bertz CT molecular complexity index is 767. The van der Waals surface area contributed by atoms with Crippen molar-refractivity contribution in [2.75, 3.05) is 5.32 Å². The molecule has 1 aromatic heterocycles. The second-order valence-electron chi connectivity index (χ2n) is 6.39. The smallest absolute Gasteiger partial charge is 0.188 e. The SMILES string of the molecule is Cc1cc2sc(Nc3ccccc3)nc2cc1C(C)(C)C. The van der Waals surface area contributed by atoms with Crippen LogP contribution >= 0.6 is 11.3 Å². The van der Waals surface area contributed by atoms with Crippen LogP contribution in [0.15, 0.2) is 42.5 Å². The summed E-state index contributed by atoms with van der Waals surface area (Å²) in [4.78, 5) is 4.73. The zero-order valence-corrected chi connectivity index (χ0v) is 13.7. The van der Waals surface area contributed by atoms with Crippen LogP contribution in [0.2, 0.25) is 0 Å². The Balaban J connectivity index is 2.01. The number of rotatable bonds is 2. The lowest BCUT2D eigenvalue weighted by atomic mass is 9.84. The zero-order valence-electron chi connectivity index (χ0n) is 12.9. The van der Waals surface area contributed by atoms with Crippen molar-refractivity contribution in [1.29, 1.82) is 0 Å². The molecule has 3 heteroatoms. The monoisotopic (exact) mass is 296 g/mol. The van der Waals surface area contributed by atoms with Crippen LogP contribution in [0.25, 0.3) is 10.2 Å². The molecule has 2 aromatic carbocycles. The summed E-state index contributed by atoms with van der Waals surface area (Å²) in [5.74, 6) is 0. The van der Waals surface area contributed by atoms with E-state index in [1.54, 1.807) is 11.3 Å². The Hall–Kier alpha value is -1.87. The maximum absolute atomic E-state index is 4.73. The third kappa shape index (κ3) is 2.93. The van der Waals surface area contributed by atoms with Crippen molar-refractivity contribution in [1.82, 2.24) is 4.98 Å². The Labute approximate surface area is 129 Å². The fourth-order valence-electron chi connectivity index (χ4n) is 2.58. The van der Waals surface area contributed by atoms with E-state index in [1.165, 1.54) is 15.8 Å². The topological polar surface area (TPSA) is 24.9 Å². The number of anilines is 2. The van der Waals surface area contributed by atoms with Gasteiger partial charge in [0.15, 0.2) is 5.13 Å². The van der Waals surface area contributed by atoms with E-state index in [9.17, 15) is 0 Å². The number of nitrogens with zero attached hydrogens (tertiary/aromatic N) is 1. The number of aromatic nitrogens is 1. The summed E-state index contributed by atoms with van der Waals surface area (Å²) in [7, 11) is 0. The van der Waals surface area contributed by atoms with Gasteiger partial charge in [0, 0.05) is 5.69 Å². The van der Waals surface area contributed by atoms with Gasteiger partial charge in [-0.05, 0) is 47.7 Å². The molecular weight excluding hydrogens is 276 g/mol. The molecule has 0 unspecified atom stereocenters. The molecule has 2 nitrogen and oxygen atoms in total. The van der Waals surface area contributed by atoms with Gasteiger partial charge in [-0.3, -0.25) is 0 Å². The third-order valence-corrected chi connectivity index (χ3v) is 4.50. The molecule has 3 aromatic rings. The van der Waals surface area contributed by atoms with Crippen molar-refractivity contribution < 1.29 is 0 Å². The van der Waals surface area contributed by atoms with E-state index in [0.717, 1.165) is 16.3 Å². The molecule has 3 rings (SSSR count). The van der Waals surface area contributed by atoms with Crippen molar-refractivity contribution in [3.05, 3.63) is 53.6 Å². The highest BCUT2D eigenvalue weighted by Gasteiger charge is 2.18. The largest absolute Gasteiger partial charge is 0.332 e. The number of hydrogen-bond donors (Lipinski definition) is 1. The van der Waals surface area contributed by atoms with Gasteiger partial charge < -0.3 is 5.32 Å². The Morgan fingerprint density at radius 3 is 2.43 bits per heavy atom. The van der Waals surface area contributed by atoms with Crippen LogP contribution in [0.4, 0.5) is 10.8 Å². The first kappa shape index (κ1) is 14.1. The lowest BCUT2D eigenvalue weighted by molar-refractivity contribution is 0.587. The summed E-state index contributed by atoms with van der Waals surface area (Å²) in [6.07, 6.45) is 0. The fraction of sp³-hybridized carbons (Fsp3) is 0.278. The second kappa shape index (κ2) is 5.15. The summed E-state index contributed by atoms with van der Waals surface area (Å²) in [5, 5.41) is 4.32. The second-order valence-corrected chi connectivity index (χ2v) is 7.43. The van der Waals surface area contributed by atoms with E-state index < -0.39 is 0 Å². The lowest BCUT2D eigenvalue weighted by Gasteiger charge is -2.21. The van der Waals surface area contributed by atoms with Crippen molar-refractivity contribution in [3.63, 3.8) is 0 Å². The molecule has 0 spiro atoms. The average Bonchev–Trinajstić information content (AvgIpc) is 2.79. The van der Waals surface area contributed by atoms with Gasteiger partial charge in [-0.25, -0.2) is 4.98 Å². The van der Waals surface area contributed by atoms with Crippen LogP contribution in [-0.2, 0) is 5.41 Å². The molecule has 108 valence electrons. The van der Waals surface area contributed by atoms with Crippen LogP contribution in [-0.4, -0.2) is 4.98 Å². The van der Waals surface area contributed by atoms with Gasteiger partial charge in [0.25, 0.3) is 0 Å². The lowest BCUT2D eigenvalue weighted by Crippen LogP contribution is -2.12. The fourth-order valence-corrected chi connectivity index (χ4v) is 3.55. The summed E-state index contributed by atoms with van der Waals surface area (Å²) in [6, 6.07) is 14.7. The Morgan fingerprint density at radius 2 is 1.76 bits per heavy atom. The quantitative estimate of drug-likeness (QED) is 0.661. The van der Waals surface area contributed by atoms with Crippen LogP contribution in [0.5, 0.6) is 0 Å². The minimum Gasteiger partial charge on any atom is -0.332 e. The van der Waals surface area contributed by atoms with Crippen molar-refractivity contribution in [2.45, 2.75) is 33.1 Å².